The molecule has 1 rings (SSSR count). The lowest BCUT2D eigenvalue weighted by atomic mass is 9.85. The van der Waals surface area contributed by atoms with E-state index in [1.807, 2.05) is 0 Å². The number of methoxy groups -OCH3 is 1. The standard InChI is InChI=1S/C12H22N2O3S/c1-17-8-5-9-18(15,16)14-12(10-13)11-6-3-2-4-7-11/h11-12,14H,2-9H2,1H3. The zero-order chi connectivity index (χ0) is 13.4. The lowest BCUT2D eigenvalue weighted by Crippen LogP contribution is -2.41. The fraction of sp³-hybridized carbons (Fsp3) is 0.917. The van der Waals surface area contributed by atoms with Gasteiger partial charge in [0.2, 0.25) is 10.0 Å². The molecule has 0 aromatic carbocycles. The molecule has 0 bridgehead atoms. The molecule has 1 fully saturated rings. The predicted octanol–water partition coefficient (Wildman–Crippen LogP) is 1.41. The summed E-state index contributed by atoms with van der Waals surface area (Å²) in [5, 5.41) is 9.11. The van der Waals surface area contributed by atoms with E-state index in [9.17, 15) is 8.42 Å². The maximum Gasteiger partial charge on any atom is 0.212 e. The third kappa shape index (κ3) is 5.34. The van der Waals surface area contributed by atoms with Crippen LogP contribution in [0.15, 0.2) is 0 Å². The fourth-order valence-corrected chi connectivity index (χ4v) is 3.59. The van der Waals surface area contributed by atoms with Gasteiger partial charge in [-0.15, -0.1) is 0 Å². The van der Waals surface area contributed by atoms with E-state index < -0.39 is 16.1 Å². The molecule has 18 heavy (non-hydrogen) atoms. The third-order valence-corrected chi connectivity index (χ3v) is 4.77. The van der Waals surface area contributed by atoms with Crippen LogP contribution in [0.5, 0.6) is 0 Å². The molecule has 1 N–H and O–H groups in total. The van der Waals surface area contributed by atoms with Crippen molar-refractivity contribution < 1.29 is 13.2 Å². The third-order valence-electron chi connectivity index (χ3n) is 3.33. The van der Waals surface area contributed by atoms with Gasteiger partial charge in [0.1, 0.15) is 6.04 Å². The minimum atomic E-state index is -3.37. The second kappa shape index (κ2) is 7.72. The zero-order valence-electron chi connectivity index (χ0n) is 10.9. The molecule has 0 aromatic rings. The zero-order valence-corrected chi connectivity index (χ0v) is 11.7. The van der Waals surface area contributed by atoms with Crippen LogP contribution in [0.3, 0.4) is 0 Å². The van der Waals surface area contributed by atoms with Crippen LogP contribution in [-0.4, -0.2) is 33.9 Å². The summed E-state index contributed by atoms with van der Waals surface area (Å²) in [6.45, 7) is 0.418. The smallest absolute Gasteiger partial charge is 0.212 e. The summed E-state index contributed by atoms with van der Waals surface area (Å²) >= 11 is 0. The van der Waals surface area contributed by atoms with Gasteiger partial charge in [0.05, 0.1) is 11.8 Å². The second-order valence-corrected chi connectivity index (χ2v) is 6.66. The molecule has 6 heteroatoms. The topological polar surface area (TPSA) is 79.2 Å². The van der Waals surface area contributed by atoms with Crippen LogP contribution in [-0.2, 0) is 14.8 Å². The Hall–Kier alpha value is -0.640. The Morgan fingerprint density at radius 1 is 1.39 bits per heavy atom. The lowest BCUT2D eigenvalue weighted by Gasteiger charge is -2.26. The molecule has 104 valence electrons. The van der Waals surface area contributed by atoms with Crippen molar-refractivity contribution in [2.75, 3.05) is 19.5 Å². The minimum absolute atomic E-state index is 0.0196. The molecule has 0 saturated heterocycles. The monoisotopic (exact) mass is 274 g/mol. The van der Waals surface area contributed by atoms with E-state index in [1.54, 1.807) is 7.11 Å². The van der Waals surface area contributed by atoms with Crippen LogP contribution in [0, 0.1) is 17.2 Å². The van der Waals surface area contributed by atoms with E-state index in [0.717, 1.165) is 25.7 Å². The Balaban J connectivity index is 2.48. The van der Waals surface area contributed by atoms with Crippen LogP contribution in [0.25, 0.3) is 0 Å². The molecule has 1 saturated carbocycles. The molecule has 1 aliphatic carbocycles. The van der Waals surface area contributed by atoms with Crippen molar-refractivity contribution in [3.8, 4) is 6.07 Å². The van der Waals surface area contributed by atoms with Crippen molar-refractivity contribution in [3.63, 3.8) is 0 Å². The van der Waals surface area contributed by atoms with Gasteiger partial charge in [-0.3, -0.25) is 0 Å². The number of nitrogens with one attached hydrogen (secondary N) is 1. The highest BCUT2D eigenvalue weighted by molar-refractivity contribution is 7.89. The fourth-order valence-electron chi connectivity index (χ4n) is 2.34. The van der Waals surface area contributed by atoms with Gasteiger partial charge in [-0.2, -0.15) is 9.98 Å². The molecule has 0 amide bonds. The van der Waals surface area contributed by atoms with Crippen molar-refractivity contribution in [1.82, 2.24) is 4.72 Å². The van der Waals surface area contributed by atoms with E-state index in [2.05, 4.69) is 10.8 Å². The van der Waals surface area contributed by atoms with Crippen molar-refractivity contribution in [3.05, 3.63) is 0 Å². The van der Waals surface area contributed by atoms with Crippen molar-refractivity contribution in [2.45, 2.75) is 44.6 Å². The molecule has 0 spiro atoms. The Kier molecular flexibility index (Phi) is 6.61. The van der Waals surface area contributed by atoms with Gasteiger partial charge in [-0.25, -0.2) is 8.42 Å². The molecule has 1 unspecified atom stereocenters. The molecule has 5 nitrogen and oxygen atoms in total. The summed E-state index contributed by atoms with van der Waals surface area (Å²) in [7, 11) is -1.83. The number of hydrogen-bond donors (Lipinski definition) is 1. The summed E-state index contributed by atoms with van der Waals surface area (Å²) in [5.74, 6) is 0.187. The highest BCUT2D eigenvalue weighted by Gasteiger charge is 2.27. The summed E-state index contributed by atoms with van der Waals surface area (Å²) in [6.07, 6.45) is 5.71. The SMILES string of the molecule is COCCCS(=O)(=O)NC(C#N)C1CCCCC1. The van der Waals surface area contributed by atoms with E-state index in [4.69, 9.17) is 10.00 Å². The number of nitrogens with zero attached hydrogens (tertiary/aromatic N) is 1. The van der Waals surface area contributed by atoms with Crippen molar-refractivity contribution in [1.29, 1.82) is 5.26 Å². The quantitative estimate of drug-likeness (QED) is 0.712. The number of hydrogen-bond acceptors (Lipinski definition) is 4. The van der Waals surface area contributed by atoms with E-state index >= 15 is 0 Å². The van der Waals surface area contributed by atoms with Gasteiger partial charge in [0.25, 0.3) is 0 Å². The summed E-state index contributed by atoms with van der Waals surface area (Å²) in [4.78, 5) is 0. The van der Waals surface area contributed by atoms with Crippen LogP contribution in [0.1, 0.15) is 38.5 Å². The van der Waals surface area contributed by atoms with Gasteiger partial charge in [0.15, 0.2) is 0 Å². The Bertz CT molecular complexity index is 369. The van der Waals surface area contributed by atoms with Crippen molar-refractivity contribution >= 4 is 10.0 Å². The molecule has 0 heterocycles. The van der Waals surface area contributed by atoms with Crippen LogP contribution in [0.2, 0.25) is 0 Å². The summed E-state index contributed by atoms with van der Waals surface area (Å²) < 4.78 is 31.0. The van der Waals surface area contributed by atoms with E-state index in [0.29, 0.717) is 13.0 Å². The number of ether oxygens (including phenoxy) is 1. The average molecular weight is 274 g/mol. The first-order valence-electron chi connectivity index (χ1n) is 6.47. The van der Waals surface area contributed by atoms with Crippen LogP contribution >= 0.6 is 0 Å². The maximum atomic E-state index is 11.8. The van der Waals surface area contributed by atoms with Gasteiger partial charge in [0, 0.05) is 13.7 Å². The Labute approximate surface area is 110 Å². The first-order valence-corrected chi connectivity index (χ1v) is 8.13. The largest absolute Gasteiger partial charge is 0.385 e. The predicted molar refractivity (Wildman–Crippen MR) is 69.4 cm³/mol. The lowest BCUT2D eigenvalue weighted by molar-refractivity contribution is 0.199. The first-order chi connectivity index (χ1) is 8.59. The van der Waals surface area contributed by atoms with Gasteiger partial charge in [-0.05, 0) is 25.2 Å². The molecular formula is C12H22N2O3S. The highest BCUT2D eigenvalue weighted by atomic mass is 32.2. The number of rotatable bonds is 7. The molecular weight excluding hydrogens is 252 g/mol. The van der Waals surface area contributed by atoms with Crippen molar-refractivity contribution in [2.24, 2.45) is 5.92 Å². The minimum Gasteiger partial charge on any atom is -0.385 e. The first kappa shape index (κ1) is 15.4. The molecule has 0 aliphatic heterocycles. The van der Waals surface area contributed by atoms with E-state index in [-0.39, 0.29) is 11.7 Å². The molecule has 1 atom stereocenters. The highest BCUT2D eigenvalue weighted by Crippen LogP contribution is 2.26. The number of nitriles is 1. The molecule has 0 aromatic heterocycles. The Morgan fingerprint density at radius 3 is 2.61 bits per heavy atom. The van der Waals surface area contributed by atoms with Crippen LogP contribution in [0.4, 0.5) is 0 Å². The van der Waals surface area contributed by atoms with Gasteiger partial charge >= 0.3 is 0 Å². The normalized spacial score (nSPS) is 19.3. The summed E-state index contributed by atoms with van der Waals surface area (Å²) in [6, 6.07) is 1.53. The maximum absolute atomic E-state index is 11.8. The second-order valence-electron chi connectivity index (χ2n) is 4.79. The van der Waals surface area contributed by atoms with Gasteiger partial charge < -0.3 is 4.74 Å². The summed E-state index contributed by atoms with van der Waals surface area (Å²) in [5.41, 5.74) is 0. The number of sulfonamides is 1. The van der Waals surface area contributed by atoms with E-state index in [1.165, 1.54) is 6.42 Å². The van der Waals surface area contributed by atoms with Gasteiger partial charge in [-0.1, -0.05) is 19.3 Å². The molecule has 0 radical (unpaired) electrons. The Morgan fingerprint density at radius 2 is 2.06 bits per heavy atom. The average Bonchev–Trinajstić information content (AvgIpc) is 2.37. The van der Waals surface area contributed by atoms with Crippen LogP contribution < -0.4 is 4.72 Å². The molecule has 1 aliphatic rings.